The van der Waals surface area contributed by atoms with Gasteiger partial charge in [0.1, 0.15) is 0 Å². The van der Waals surface area contributed by atoms with E-state index < -0.39 is 0 Å². The van der Waals surface area contributed by atoms with Crippen LogP contribution in [0.15, 0.2) is 0 Å². The van der Waals surface area contributed by atoms with E-state index in [4.69, 9.17) is 5.11 Å². The maximum atomic E-state index is 9.10. The first kappa shape index (κ1) is 11.9. The van der Waals surface area contributed by atoms with Gasteiger partial charge in [-0.2, -0.15) is 0 Å². The summed E-state index contributed by atoms with van der Waals surface area (Å²) in [6.45, 7) is 9.56. The van der Waals surface area contributed by atoms with Crippen molar-refractivity contribution in [1.29, 1.82) is 0 Å². The summed E-state index contributed by atoms with van der Waals surface area (Å²) in [6, 6.07) is 0. The van der Waals surface area contributed by atoms with Gasteiger partial charge >= 0.3 is 0 Å². The Hall–Kier alpha value is -0.0800. The number of aliphatic hydroxyl groups is 1. The minimum atomic E-state index is -0.152. The topological polar surface area (TPSA) is 23.5 Å². The first-order valence-corrected chi connectivity index (χ1v) is 5.11. The summed E-state index contributed by atoms with van der Waals surface area (Å²) in [5.74, 6) is 0. The molecule has 2 nitrogen and oxygen atoms in total. The Kier molecular flexibility index (Phi) is 7.51. The van der Waals surface area contributed by atoms with Crippen molar-refractivity contribution < 1.29 is 5.11 Å². The minimum Gasteiger partial charge on any atom is -0.393 e. The van der Waals surface area contributed by atoms with Crippen molar-refractivity contribution in [2.75, 3.05) is 19.6 Å². The molecule has 74 valence electrons. The van der Waals surface area contributed by atoms with Crippen molar-refractivity contribution in [2.45, 2.75) is 46.1 Å². The molecule has 0 amide bonds. The molecule has 1 atom stereocenters. The van der Waals surface area contributed by atoms with Crippen LogP contribution in [0.3, 0.4) is 0 Å². The lowest BCUT2D eigenvalue weighted by Gasteiger charge is -2.20. The molecule has 1 unspecified atom stereocenters. The van der Waals surface area contributed by atoms with E-state index in [-0.39, 0.29) is 6.10 Å². The van der Waals surface area contributed by atoms with Gasteiger partial charge in [-0.1, -0.05) is 20.3 Å². The van der Waals surface area contributed by atoms with Crippen molar-refractivity contribution in [2.24, 2.45) is 0 Å². The van der Waals surface area contributed by atoms with Crippen LogP contribution in [0.1, 0.15) is 40.0 Å². The molecule has 0 radical (unpaired) electrons. The summed E-state index contributed by atoms with van der Waals surface area (Å²) < 4.78 is 0. The summed E-state index contributed by atoms with van der Waals surface area (Å²) in [6.07, 6.45) is 3.27. The molecule has 0 fully saturated rings. The fraction of sp³-hybridized carbons (Fsp3) is 1.00. The van der Waals surface area contributed by atoms with Gasteiger partial charge in [0.15, 0.2) is 0 Å². The summed E-state index contributed by atoms with van der Waals surface area (Å²) in [5.41, 5.74) is 0. The number of nitrogens with zero attached hydrogens (tertiary/aromatic N) is 1. The molecule has 0 spiro atoms. The van der Waals surface area contributed by atoms with Gasteiger partial charge in [-0.15, -0.1) is 0 Å². The van der Waals surface area contributed by atoms with E-state index in [1.807, 2.05) is 6.92 Å². The average Bonchev–Trinajstić information content (AvgIpc) is 2.05. The Morgan fingerprint density at radius 1 is 1.25 bits per heavy atom. The van der Waals surface area contributed by atoms with Gasteiger partial charge in [-0.3, -0.25) is 0 Å². The minimum absolute atomic E-state index is 0.152. The second-order valence-corrected chi connectivity index (χ2v) is 3.43. The Morgan fingerprint density at radius 3 is 2.33 bits per heavy atom. The zero-order valence-corrected chi connectivity index (χ0v) is 8.71. The first-order valence-electron chi connectivity index (χ1n) is 5.11. The second kappa shape index (κ2) is 7.56. The summed E-state index contributed by atoms with van der Waals surface area (Å²) in [4.78, 5) is 2.40. The molecule has 1 N–H and O–H groups in total. The monoisotopic (exact) mass is 173 g/mol. The van der Waals surface area contributed by atoms with Gasteiger partial charge < -0.3 is 10.0 Å². The Bertz CT molecular complexity index is 93.8. The fourth-order valence-electron chi connectivity index (χ4n) is 1.18. The SMILES string of the molecule is CCCCN(CC)CCC(C)O. The molecule has 2 heteroatoms. The third kappa shape index (κ3) is 6.62. The predicted molar refractivity (Wildman–Crippen MR) is 53.3 cm³/mol. The zero-order valence-electron chi connectivity index (χ0n) is 8.71. The quantitative estimate of drug-likeness (QED) is 0.635. The Balaban J connectivity index is 3.39. The van der Waals surface area contributed by atoms with Crippen LogP contribution >= 0.6 is 0 Å². The van der Waals surface area contributed by atoms with Crippen LogP contribution in [0, 0.1) is 0 Å². The third-order valence-corrected chi connectivity index (χ3v) is 2.14. The van der Waals surface area contributed by atoms with Crippen LogP contribution < -0.4 is 0 Å². The van der Waals surface area contributed by atoms with Crippen LogP contribution in [-0.4, -0.2) is 35.7 Å². The van der Waals surface area contributed by atoms with Gasteiger partial charge in [0.05, 0.1) is 6.10 Å². The van der Waals surface area contributed by atoms with E-state index in [1.54, 1.807) is 0 Å². The molecule has 0 rings (SSSR count). The Labute approximate surface area is 76.6 Å². The maximum Gasteiger partial charge on any atom is 0.0524 e. The Morgan fingerprint density at radius 2 is 1.92 bits per heavy atom. The number of unbranched alkanes of at least 4 members (excludes halogenated alkanes) is 1. The van der Waals surface area contributed by atoms with Crippen molar-refractivity contribution in [1.82, 2.24) is 4.90 Å². The normalized spacial score (nSPS) is 13.8. The van der Waals surface area contributed by atoms with Crippen molar-refractivity contribution in [3.8, 4) is 0 Å². The second-order valence-electron chi connectivity index (χ2n) is 3.43. The number of hydrogen-bond acceptors (Lipinski definition) is 2. The van der Waals surface area contributed by atoms with Crippen LogP contribution in [0.5, 0.6) is 0 Å². The fourth-order valence-corrected chi connectivity index (χ4v) is 1.18. The number of aliphatic hydroxyl groups excluding tert-OH is 1. The largest absolute Gasteiger partial charge is 0.393 e. The highest BCUT2D eigenvalue weighted by atomic mass is 16.3. The van der Waals surface area contributed by atoms with Gasteiger partial charge in [0.25, 0.3) is 0 Å². The highest BCUT2D eigenvalue weighted by Crippen LogP contribution is 1.98. The molecule has 0 aliphatic rings. The summed E-state index contributed by atoms with van der Waals surface area (Å²) >= 11 is 0. The molecule has 0 aromatic rings. The van der Waals surface area contributed by atoms with Gasteiger partial charge in [0.2, 0.25) is 0 Å². The molecular formula is C10H23NO. The molecular weight excluding hydrogens is 150 g/mol. The predicted octanol–water partition coefficient (Wildman–Crippen LogP) is 1.88. The molecule has 0 aliphatic carbocycles. The summed E-state index contributed by atoms with van der Waals surface area (Å²) in [7, 11) is 0. The standard InChI is InChI=1S/C10H23NO/c1-4-6-8-11(5-2)9-7-10(3)12/h10,12H,4-9H2,1-3H3. The molecule has 0 aromatic carbocycles. The smallest absolute Gasteiger partial charge is 0.0524 e. The van der Waals surface area contributed by atoms with Gasteiger partial charge in [-0.25, -0.2) is 0 Å². The van der Waals surface area contributed by atoms with E-state index in [2.05, 4.69) is 18.7 Å². The molecule has 0 heterocycles. The van der Waals surface area contributed by atoms with E-state index in [0.29, 0.717) is 0 Å². The van der Waals surface area contributed by atoms with Crippen molar-refractivity contribution in [3.05, 3.63) is 0 Å². The lowest BCUT2D eigenvalue weighted by molar-refractivity contribution is 0.157. The van der Waals surface area contributed by atoms with E-state index in [1.165, 1.54) is 19.4 Å². The molecule has 0 saturated heterocycles. The van der Waals surface area contributed by atoms with Crippen LogP contribution in [0.2, 0.25) is 0 Å². The average molecular weight is 173 g/mol. The first-order chi connectivity index (χ1) is 5.70. The van der Waals surface area contributed by atoms with Crippen LogP contribution in [0.25, 0.3) is 0 Å². The van der Waals surface area contributed by atoms with E-state index in [9.17, 15) is 0 Å². The maximum absolute atomic E-state index is 9.10. The van der Waals surface area contributed by atoms with Gasteiger partial charge in [0, 0.05) is 6.54 Å². The third-order valence-electron chi connectivity index (χ3n) is 2.14. The highest BCUT2D eigenvalue weighted by Gasteiger charge is 2.02. The van der Waals surface area contributed by atoms with Crippen LogP contribution in [-0.2, 0) is 0 Å². The van der Waals surface area contributed by atoms with Crippen molar-refractivity contribution in [3.63, 3.8) is 0 Å². The molecule has 0 bridgehead atoms. The molecule has 12 heavy (non-hydrogen) atoms. The van der Waals surface area contributed by atoms with Gasteiger partial charge in [-0.05, 0) is 32.9 Å². The summed E-state index contributed by atoms with van der Waals surface area (Å²) in [5, 5.41) is 9.10. The van der Waals surface area contributed by atoms with E-state index >= 15 is 0 Å². The number of rotatable bonds is 7. The lowest BCUT2D eigenvalue weighted by Crippen LogP contribution is -2.27. The molecule has 0 aliphatic heterocycles. The zero-order chi connectivity index (χ0) is 9.40. The van der Waals surface area contributed by atoms with Crippen molar-refractivity contribution >= 4 is 0 Å². The number of hydrogen-bond donors (Lipinski definition) is 1. The highest BCUT2D eigenvalue weighted by molar-refractivity contribution is 4.57. The molecule has 0 saturated carbocycles. The lowest BCUT2D eigenvalue weighted by atomic mass is 10.2. The van der Waals surface area contributed by atoms with E-state index in [0.717, 1.165) is 19.5 Å². The van der Waals surface area contributed by atoms with Crippen LogP contribution in [0.4, 0.5) is 0 Å². The molecule has 0 aromatic heterocycles.